The maximum absolute atomic E-state index is 11.3. The van der Waals surface area contributed by atoms with E-state index in [-0.39, 0.29) is 5.91 Å². The van der Waals surface area contributed by atoms with Crippen molar-refractivity contribution >= 4 is 5.91 Å². The summed E-state index contributed by atoms with van der Waals surface area (Å²) in [5.74, 6) is 0.490. The van der Waals surface area contributed by atoms with Crippen molar-refractivity contribution in [3.8, 4) is 0 Å². The predicted octanol–water partition coefficient (Wildman–Crippen LogP) is 2.67. The third-order valence-electron chi connectivity index (χ3n) is 2.22. The van der Waals surface area contributed by atoms with Crippen LogP contribution in [0.5, 0.6) is 0 Å². The molecule has 0 saturated heterocycles. The molecule has 0 atom stereocenters. The molecule has 0 aromatic heterocycles. The molecule has 0 radical (unpaired) electrons. The third kappa shape index (κ3) is 5.51. The number of nitrogens with one attached hydrogen (secondary N) is 1. The SMILES string of the molecule is CC(C)CCC(=O)NOCc1ccccc1. The number of rotatable bonds is 6. The molecule has 0 spiro atoms. The molecule has 1 rings (SSSR count). The molecule has 0 aliphatic heterocycles. The van der Waals surface area contributed by atoms with E-state index < -0.39 is 0 Å². The first kappa shape index (κ1) is 12.7. The minimum Gasteiger partial charge on any atom is -0.273 e. The fraction of sp³-hybridized carbons (Fsp3) is 0.462. The number of carbonyl (C=O) groups is 1. The summed E-state index contributed by atoms with van der Waals surface area (Å²) in [7, 11) is 0. The molecule has 0 unspecified atom stereocenters. The second-order valence-electron chi connectivity index (χ2n) is 4.23. The first-order valence-electron chi connectivity index (χ1n) is 5.63. The van der Waals surface area contributed by atoms with E-state index in [9.17, 15) is 4.79 Å². The van der Waals surface area contributed by atoms with E-state index in [1.54, 1.807) is 0 Å². The van der Waals surface area contributed by atoms with Crippen LogP contribution in [0.1, 0.15) is 32.3 Å². The minimum absolute atomic E-state index is 0.0513. The van der Waals surface area contributed by atoms with Gasteiger partial charge >= 0.3 is 0 Å². The summed E-state index contributed by atoms with van der Waals surface area (Å²) in [5, 5.41) is 0. The van der Waals surface area contributed by atoms with Crippen molar-refractivity contribution in [1.82, 2.24) is 5.48 Å². The molecule has 3 heteroatoms. The fourth-order valence-corrected chi connectivity index (χ4v) is 1.24. The number of carbonyl (C=O) groups excluding carboxylic acids is 1. The lowest BCUT2D eigenvalue weighted by Crippen LogP contribution is -2.23. The summed E-state index contributed by atoms with van der Waals surface area (Å²) in [5.41, 5.74) is 3.50. The van der Waals surface area contributed by atoms with E-state index in [0.29, 0.717) is 18.9 Å². The number of hydrogen-bond acceptors (Lipinski definition) is 2. The highest BCUT2D eigenvalue weighted by Crippen LogP contribution is 2.03. The number of hydroxylamine groups is 1. The van der Waals surface area contributed by atoms with Gasteiger partial charge < -0.3 is 0 Å². The molecule has 0 fully saturated rings. The molecule has 16 heavy (non-hydrogen) atoms. The van der Waals surface area contributed by atoms with E-state index in [1.165, 1.54) is 0 Å². The molecule has 0 heterocycles. The van der Waals surface area contributed by atoms with Gasteiger partial charge in [-0.1, -0.05) is 44.2 Å². The zero-order chi connectivity index (χ0) is 11.8. The molecule has 0 bridgehead atoms. The molecule has 3 nitrogen and oxygen atoms in total. The second-order valence-corrected chi connectivity index (χ2v) is 4.23. The Morgan fingerprint density at radius 2 is 2.00 bits per heavy atom. The highest BCUT2D eigenvalue weighted by Gasteiger charge is 2.02. The van der Waals surface area contributed by atoms with Gasteiger partial charge in [-0.05, 0) is 17.9 Å². The van der Waals surface area contributed by atoms with E-state index >= 15 is 0 Å². The van der Waals surface area contributed by atoms with Crippen molar-refractivity contribution in [2.24, 2.45) is 5.92 Å². The first-order valence-corrected chi connectivity index (χ1v) is 5.63. The monoisotopic (exact) mass is 221 g/mol. The number of hydrogen-bond donors (Lipinski definition) is 1. The Morgan fingerprint density at radius 1 is 1.31 bits per heavy atom. The van der Waals surface area contributed by atoms with Crippen molar-refractivity contribution in [3.63, 3.8) is 0 Å². The van der Waals surface area contributed by atoms with E-state index in [0.717, 1.165) is 12.0 Å². The fourth-order valence-electron chi connectivity index (χ4n) is 1.24. The molecule has 88 valence electrons. The van der Waals surface area contributed by atoms with Gasteiger partial charge in [-0.3, -0.25) is 9.63 Å². The Hall–Kier alpha value is -1.35. The van der Waals surface area contributed by atoms with Crippen LogP contribution in [-0.2, 0) is 16.2 Å². The van der Waals surface area contributed by atoms with Crippen molar-refractivity contribution < 1.29 is 9.63 Å². The molecule has 0 saturated carbocycles. The van der Waals surface area contributed by atoms with E-state index in [1.807, 2.05) is 30.3 Å². The Kier molecular flexibility index (Phi) is 5.57. The number of amides is 1. The van der Waals surface area contributed by atoms with Crippen LogP contribution in [-0.4, -0.2) is 5.91 Å². The molecule has 1 aromatic carbocycles. The van der Waals surface area contributed by atoms with Gasteiger partial charge in [0.15, 0.2) is 0 Å². The third-order valence-corrected chi connectivity index (χ3v) is 2.22. The lowest BCUT2D eigenvalue weighted by atomic mass is 10.1. The van der Waals surface area contributed by atoms with Crippen molar-refractivity contribution in [2.75, 3.05) is 0 Å². The average Bonchev–Trinajstić information content (AvgIpc) is 2.28. The number of benzene rings is 1. The first-order chi connectivity index (χ1) is 7.68. The van der Waals surface area contributed by atoms with Crippen LogP contribution in [0, 0.1) is 5.92 Å². The normalized spacial score (nSPS) is 10.4. The molecule has 1 aromatic rings. The molecular formula is C13H19NO2. The summed E-state index contributed by atoms with van der Waals surface area (Å²) in [6.07, 6.45) is 1.41. The van der Waals surface area contributed by atoms with Crippen LogP contribution in [0.3, 0.4) is 0 Å². The predicted molar refractivity (Wildman–Crippen MR) is 63.4 cm³/mol. The van der Waals surface area contributed by atoms with Crippen LogP contribution in [0.25, 0.3) is 0 Å². The van der Waals surface area contributed by atoms with Gasteiger partial charge in [0.05, 0.1) is 6.61 Å². The Bertz CT molecular complexity index is 309. The summed E-state index contributed by atoms with van der Waals surface area (Å²) < 4.78 is 0. The Morgan fingerprint density at radius 3 is 2.62 bits per heavy atom. The van der Waals surface area contributed by atoms with Crippen molar-refractivity contribution in [1.29, 1.82) is 0 Å². The van der Waals surface area contributed by atoms with Gasteiger partial charge in [0.25, 0.3) is 0 Å². The summed E-state index contributed by atoms with van der Waals surface area (Å²) >= 11 is 0. The maximum atomic E-state index is 11.3. The highest BCUT2D eigenvalue weighted by molar-refractivity contribution is 5.74. The van der Waals surface area contributed by atoms with Crippen LogP contribution in [0.4, 0.5) is 0 Å². The van der Waals surface area contributed by atoms with Crippen LogP contribution in [0.15, 0.2) is 30.3 Å². The Balaban J connectivity index is 2.13. The molecule has 1 amide bonds. The highest BCUT2D eigenvalue weighted by atomic mass is 16.6. The Labute approximate surface area is 96.8 Å². The van der Waals surface area contributed by atoms with Gasteiger partial charge in [-0.2, -0.15) is 0 Å². The maximum Gasteiger partial charge on any atom is 0.243 e. The zero-order valence-electron chi connectivity index (χ0n) is 9.90. The van der Waals surface area contributed by atoms with Crippen molar-refractivity contribution in [2.45, 2.75) is 33.3 Å². The summed E-state index contributed by atoms with van der Waals surface area (Å²) in [4.78, 5) is 16.4. The minimum atomic E-state index is -0.0513. The topological polar surface area (TPSA) is 38.3 Å². The zero-order valence-corrected chi connectivity index (χ0v) is 9.90. The largest absolute Gasteiger partial charge is 0.273 e. The molecule has 0 aliphatic rings. The van der Waals surface area contributed by atoms with Gasteiger partial charge in [-0.25, -0.2) is 5.48 Å². The second kappa shape index (κ2) is 7.01. The van der Waals surface area contributed by atoms with E-state index in [4.69, 9.17) is 4.84 Å². The van der Waals surface area contributed by atoms with E-state index in [2.05, 4.69) is 19.3 Å². The summed E-state index contributed by atoms with van der Waals surface area (Å²) in [6, 6.07) is 9.75. The van der Waals surface area contributed by atoms with Gasteiger partial charge in [0.1, 0.15) is 0 Å². The summed E-state index contributed by atoms with van der Waals surface area (Å²) in [6.45, 7) is 4.60. The average molecular weight is 221 g/mol. The standard InChI is InChI=1S/C13H19NO2/c1-11(2)8-9-13(15)14-16-10-12-6-4-3-5-7-12/h3-7,11H,8-10H2,1-2H3,(H,14,15). The van der Waals surface area contributed by atoms with Crippen molar-refractivity contribution in [3.05, 3.63) is 35.9 Å². The smallest absolute Gasteiger partial charge is 0.243 e. The molecular weight excluding hydrogens is 202 g/mol. The van der Waals surface area contributed by atoms with Gasteiger partial charge in [0, 0.05) is 6.42 Å². The van der Waals surface area contributed by atoms with Gasteiger partial charge in [0.2, 0.25) is 5.91 Å². The van der Waals surface area contributed by atoms with Crippen LogP contribution < -0.4 is 5.48 Å². The lowest BCUT2D eigenvalue weighted by Gasteiger charge is -2.07. The molecule has 0 aliphatic carbocycles. The van der Waals surface area contributed by atoms with Crippen LogP contribution in [0.2, 0.25) is 0 Å². The van der Waals surface area contributed by atoms with Gasteiger partial charge in [-0.15, -0.1) is 0 Å². The van der Waals surface area contributed by atoms with Crippen LogP contribution >= 0.6 is 0 Å². The lowest BCUT2D eigenvalue weighted by molar-refractivity contribution is -0.134. The quantitative estimate of drug-likeness (QED) is 0.750. The molecule has 1 N–H and O–H groups in total.